The minimum atomic E-state index is -0.00342. The summed E-state index contributed by atoms with van der Waals surface area (Å²) in [7, 11) is 1.68. The van der Waals surface area contributed by atoms with Crippen LogP contribution in [0.3, 0.4) is 0 Å². The number of halogens is 1. The van der Waals surface area contributed by atoms with Gasteiger partial charge >= 0.3 is 0 Å². The van der Waals surface area contributed by atoms with Gasteiger partial charge in [0.05, 0.1) is 13.2 Å². The van der Waals surface area contributed by atoms with Crippen LogP contribution in [0.15, 0.2) is 18.2 Å². The fraction of sp³-hybridized carbons (Fsp3) is 0.562. The normalized spacial score (nSPS) is 17.7. The molecule has 118 valence electrons. The number of aryl methyl sites for hydroxylation is 1. The second-order valence-corrected chi connectivity index (χ2v) is 5.35. The van der Waals surface area contributed by atoms with Crippen molar-refractivity contribution in [3.63, 3.8) is 0 Å². The average Bonchev–Trinajstić information content (AvgIpc) is 2.49. The van der Waals surface area contributed by atoms with E-state index in [0.717, 1.165) is 37.1 Å². The van der Waals surface area contributed by atoms with E-state index in [-0.39, 0.29) is 24.4 Å². The summed E-state index contributed by atoms with van der Waals surface area (Å²) in [6.45, 7) is 3.65. The summed E-state index contributed by atoms with van der Waals surface area (Å²) >= 11 is 0. The highest BCUT2D eigenvalue weighted by molar-refractivity contribution is 5.85. The predicted molar refractivity (Wildman–Crippen MR) is 87.3 cm³/mol. The van der Waals surface area contributed by atoms with Crippen molar-refractivity contribution in [3.05, 3.63) is 29.3 Å². The number of ether oxygens (including phenoxy) is 1. The van der Waals surface area contributed by atoms with Gasteiger partial charge in [0.25, 0.3) is 0 Å². The maximum Gasteiger partial charge on any atom is 0.237 e. The molecule has 1 aromatic rings. The molecule has 1 amide bonds. The van der Waals surface area contributed by atoms with Crippen molar-refractivity contribution in [2.75, 3.05) is 20.2 Å². The molecule has 1 saturated heterocycles. The van der Waals surface area contributed by atoms with Gasteiger partial charge in [-0.15, -0.1) is 12.4 Å². The van der Waals surface area contributed by atoms with Crippen LogP contribution in [-0.2, 0) is 11.2 Å². The molecule has 0 aliphatic carbocycles. The van der Waals surface area contributed by atoms with E-state index in [0.29, 0.717) is 6.54 Å². The molecule has 0 spiro atoms. The summed E-state index contributed by atoms with van der Waals surface area (Å²) < 4.78 is 5.31. The highest BCUT2D eigenvalue weighted by atomic mass is 35.5. The first kappa shape index (κ1) is 17.8. The summed E-state index contributed by atoms with van der Waals surface area (Å²) in [5, 5.41) is 6.27. The van der Waals surface area contributed by atoms with Gasteiger partial charge < -0.3 is 15.4 Å². The van der Waals surface area contributed by atoms with Gasteiger partial charge in [0.15, 0.2) is 0 Å². The summed E-state index contributed by atoms with van der Waals surface area (Å²) in [5.41, 5.74) is 2.32. The zero-order valence-electron chi connectivity index (χ0n) is 12.8. The van der Waals surface area contributed by atoms with E-state index in [1.54, 1.807) is 7.11 Å². The monoisotopic (exact) mass is 312 g/mol. The van der Waals surface area contributed by atoms with Gasteiger partial charge in [-0.1, -0.05) is 18.6 Å². The highest BCUT2D eigenvalue weighted by Gasteiger charge is 2.19. The Bertz CT molecular complexity index is 460. The van der Waals surface area contributed by atoms with E-state index >= 15 is 0 Å². The van der Waals surface area contributed by atoms with Crippen LogP contribution in [0.25, 0.3) is 0 Å². The number of hydrogen-bond donors (Lipinski definition) is 2. The van der Waals surface area contributed by atoms with Gasteiger partial charge in [-0.25, -0.2) is 0 Å². The Labute approximate surface area is 133 Å². The molecule has 21 heavy (non-hydrogen) atoms. The maximum atomic E-state index is 12.0. The molecule has 1 unspecified atom stereocenters. The van der Waals surface area contributed by atoms with Crippen molar-refractivity contribution in [2.45, 2.75) is 38.6 Å². The van der Waals surface area contributed by atoms with Gasteiger partial charge in [-0.3, -0.25) is 4.79 Å². The quantitative estimate of drug-likeness (QED) is 0.876. The van der Waals surface area contributed by atoms with Crippen LogP contribution < -0.4 is 15.4 Å². The van der Waals surface area contributed by atoms with Crippen molar-refractivity contribution in [1.29, 1.82) is 0 Å². The Balaban J connectivity index is 0.00000220. The van der Waals surface area contributed by atoms with E-state index in [9.17, 15) is 4.79 Å². The molecule has 0 saturated carbocycles. The number of rotatable bonds is 5. The minimum absolute atomic E-state index is 0. The van der Waals surface area contributed by atoms with Crippen LogP contribution in [-0.4, -0.2) is 32.1 Å². The van der Waals surface area contributed by atoms with Crippen LogP contribution >= 0.6 is 12.4 Å². The number of carbonyl (C=O) groups is 1. The number of nitrogens with one attached hydrogen (secondary N) is 2. The van der Waals surface area contributed by atoms with Crippen LogP contribution in [0.4, 0.5) is 0 Å². The topological polar surface area (TPSA) is 50.4 Å². The van der Waals surface area contributed by atoms with Gasteiger partial charge in [0.2, 0.25) is 5.91 Å². The molecule has 0 radical (unpaired) electrons. The Morgan fingerprint density at radius 2 is 2.24 bits per heavy atom. The van der Waals surface area contributed by atoms with Crippen molar-refractivity contribution in [3.8, 4) is 5.75 Å². The number of hydrogen-bond acceptors (Lipinski definition) is 3. The number of amides is 1. The van der Waals surface area contributed by atoms with Crippen LogP contribution in [0.1, 0.15) is 30.4 Å². The molecule has 1 heterocycles. The van der Waals surface area contributed by atoms with Crippen molar-refractivity contribution in [1.82, 2.24) is 10.6 Å². The summed E-state index contributed by atoms with van der Waals surface area (Å²) in [6, 6.07) is 6.18. The number of piperidine rings is 1. The Kier molecular flexibility index (Phi) is 7.54. The molecule has 1 aromatic carbocycles. The number of methoxy groups -OCH3 is 1. The molecular weight excluding hydrogens is 288 g/mol. The molecule has 1 fully saturated rings. The third-order valence-corrected chi connectivity index (χ3v) is 3.81. The van der Waals surface area contributed by atoms with E-state index in [4.69, 9.17) is 4.74 Å². The van der Waals surface area contributed by atoms with Crippen LogP contribution in [0.5, 0.6) is 5.75 Å². The second-order valence-electron chi connectivity index (χ2n) is 5.35. The zero-order valence-corrected chi connectivity index (χ0v) is 13.6. The van der Waals surface area contributed by atoms with Crippen LogP contribution in [0, 0.1) is 6.92 Å². The molecule has 1 aliphatic rings. The lowest BCUT2D eigenvalue weighted by atomic mass is 10.0. The van der Waals surface area contributed by atoms with Crippen LogP contribution in [0.2, 0.25) is 0 Å². The first-order valence-corrected chi connectivity index (χ1v) is 7.35. The smallest absolute Gasteiger partial charge is 0.237 e. The third kappa shape index (κ3) is 5.21. The molecule has 2 rings (SSSR count). The Hall–Kier alpha value is -1.26. The first-order valence-electron chi connectivity index (χ1n) is 7.35. The van der Waals surface area contributed by atoms with E-state index in [2.05, 4.69) is 22.8 Å². The maximum absolute atomic E-state index is 12.0. The summed E-state index contributed by atoms with van der Waals surface area (Å²) in [6.07, 6.45) is 4.09. The lowest BCUT2D eigenvalue weighted by Crippen LogP contribution is -2.47. The summed E-state index contributed by atoms with van der Waals surface area (Å²) in [5.74, 6) is 1.03. The van der Waals surface area contributed by atoms with Gasteiger partial charge in [-0.2, -0.15) is 0 Å². The second kappa shape index (κ2) is 8.90. The highest BCUT2D eigenvalue weighted by Crippen LogP contribution is 2.19. The predicted octanol–water partition coefficient (Wildman–Crippen LogP) is 2.23. The molecular formula is C16H25ClN2O2. The van der Waals surface area contributed by atoms with E-state index < -0.39 is 0 Å². The largest absolute Gasteiger partial charge is 0.496 e. The molecule has 2 N–H and O–H groups in total. The van der Waals surface area contributed by atoms with Gasteiger partial charge in [-0.05, 0) is 49.9 Å². The molecule has 0 bridgehead atoms. The third-order valence-electron chi connectivity index (χ3n) is 3.81. The Morgan fingerprint density at radius 1 is 1.43 bits per heavy atom. The lowest BCUT2D eigenvalue weighted by molar-refractivity contribution is -0.123. The molecule has 5 heteroatoms. The first-order chi connectivity index (χ1) is 9.70. The zero-order chi connectivity index (χ0) is 14.4. The summed E-state index contributed by atoms with van der Waals surface area (Å²) in [4.78, 5) is 12.0. The van der Waals surface area contributed by atoms with E-state index in [1.165, 1.54) is 12.0 Å². The van der Waals surface area contributed by atoms with Gasteiger partial charge in [0, 0.05) is 6.54 Å². The van der Waals surface area contributed by atoms with Crippen molar-refractivity contribution < 1.29 is 9.53 Å². The van der Waals surface area contributed by atoms with Crippen molar-refractivity contribution >= 4 is 18.3 Å². The minimum Gasteiger partial charge on any atom is -0.496 e. The Morgan fingerprint density at radius 3 is 2.90 bits per heavy atom. The average molecular weight is 313 g/mol. The molecule has 0 aromatic heterocycles. The number of benzene rings is 1. The van der Waals surface area contributed by atoms with Crippen molar-refractivity contribution in [2.24, 2.45) is 0 Å². The lowest BCUT2D eigenvalue weighted by Gasteiger charge is -2.22. The molecule has 1 atom stereocenters. The molecule has 4 nitrogen and oxygen atoms in total. The SMILES string of the molecule is COc1cc(CCNC(=O)C2CCCCN2)ccc1C.Cl. The van der Waals surface area contributed by atoms with Gasteiger partial charge in [0.1, 0.15) is 5.75 Å². The number of carbonyl (C=O) groups excluding carboxylic acids is 1. The fourth-order valence-corrected chi connectivity index (χ4v) is 2.55. The molecule has 1 aliphatic heterocycles. The fourth-order valence-electron chi connectivity index (χ4n) is 2.55. The van der Waals surface area contributed by atoms with E-state index in [1.807, 2.05) is 13.0 Å². The standard InChI is InChI=1S/C16H24N2O2.ClH/c1-12-6-7-13(11-15(12)20-2)8-10-18-16(19)14-5-3-4-9-17-14;/h6-7,11,14,17H,3-5,8-10H2,1-2H3,(H,18,19);1H.